The molecule has 0 aromatic heterocycles. The molecule has 0 heterocycles. The Morgan fingerprint density at radius 2 is 1.19 bits per heavy atom. The highest BCUT2D eigenvalue weighted by molar-refractivity contribution is 6.60. The monoisotopic (exact) mass is 248 g/mol. The lowest BCUT2D eigenvalue weighted by Gasteiger charge is -2.31. The van der Waals surface area contributed by atoms with Crippen molar-refractivity contribution in [1.29, 1.82) is 0 Å². The molecular formula is C12H28O3Si. The molecule has 0 aliphatic rings. The maximum absolute atomic E-state index is 5.83. The standard InChI is InChI=1S/C12H28O3Si/c1-7-13-16(14-8-2,15-9-3)10-12(6)11(4)5/h11-12H,7-10H2,1-6H3. The molecule has 1 unspecified atom stereocenters. The summed E-state index contributed by atoms with van der Waals surface area (Å²) in [6, 6.07) is 0.917. The van der Waals surface area contributed by atoms with Crippen molar-refractivity contribution in [2.24, 2.45) is 11.8 Å². The van der Waals surface area contributed by atoms with Crippen molar-refractivity contribution in [3.05, 3.63) is 0 Å². The van der Waals surface area contributed by atoms with Crippen LogP contribution in [0.15, 0.2) is 0 Å². The van der Waals surface area contributed by atoms with Crippen LogP contribution in [0.25, 0.3) is 0 Å². The summed E-state index contributed by atoms with van der Waals surface area (Å²) in [4.78, 5) is 0. The summed E-state index contributed by atoms with van der Waals surface area (Å²) in [5.41, 5.74) is 0. The summed E-state index contributed by atoms with van der Waals surface area (Å²) < 4.78 is 17.5. The molecule has 98 valence electrons. The first-order valence-electron chi connectivity index (χ1n) is 6.43. The fourth-order valence-electron chi connectivity index (χ4n) is 1.59. The van der Waals surface area contributed by atoms with Gasteiger partial charge in [0.05, 0.1) is 0 Å². The summed E-state index contributed by atoms with van der Waals surface area (Å²) in [7, 11) is -2.42. The zero-order chi connectivity index (χ0) is 12.6. The summed E-state index contributed by atoms with van der Waals surface area (Å²) in [6.07, 6.45) is 0. The van der Waals surface area contributed by atoms with E-state index < -0.39 is 8.80 Å². The van der Waals surface area contributed by atoms with Gasteiger partial charge in [-0.2, -0.15) is 0 Å². The number of hydrogen-bond donors (Lipinski definition) is 0. The quantitative estimate of drug-likeness (QED) is 0.586. The average Bonchev–Trinajstić information content (AvgIpc) is 2.18. The zero-order valence-corrected chi connectivity index (χ0v) is 12.7. The topological polar surface area (TPSA) is 27.7 Å². The highest BCUT2D eigenvalue weighted by atomic mass is 28.4. The first-order valence-corrected chi connectivity index (χ1v) is 8.36. The van der Waals surface area contributed by atoms with E-state index in [0.717, 1.165) is 6.04 Å². The lowest BCUT2D eigenvalue weighted by Crippen LogP contribution is -2.47. The molecule has 0 N–H and O–H groups in total. The van der Waals surface area contributed by atoms with Crippen molar-refractivity contribution >= 4 is 8.80 Å². The molecule has 0 amide bonds. The Balaban J connectivity index is 4.57. The van der Waals surface area contributed by atoms with Gasteiger partial charge in [-0.05, 0) is 32.6 Å². The lowest BCUT2D eigenvalue weighted by atomic mass is 10.0. The normalized spacial score (nSPS) is 14.4. The Kier molecular flexibility index (Phi) is 8.28. The molecule has 0 aromatic carbocycles. The highest BCUT2D eigenvalue weighted by Gasteiger charge is 2.42. The summed E-state index contributed by atoms with van der Waals surface area (Å²) in [5, 5.41) is 0. The third kappa shape index (κ3) is 5.43. The number of hydrogen-bond acceptors (Lipinski definition) is 3. The van der Waals surface area contributed by atoms with Gasteiger partial charge in [-0.1, -0.05) is 20.8 Å². The van der Waals surface area contributed by atoms with Crippen molar-refractivity contribution in [3.63, 3.8) is 0 Å². The van der Waals surface area contributed by atoms with Crippen molar-refractivity contribution in [1.82, 2.24) is 0 Å². The van der Waals surface area contributed by atoms with Crippen LogP contribution in [0.1, 0.15) is 41.5 Å². The molecule has 0 saturated heterocycles. The van der Waals surface area contributed by atoms with Crippen LogP contribution in [-0.4, -0.2) is 28.6 Å². The molecule has 0 spiro atoms. The van der Waals surface area contributed by atoms with Gasteiger partial charge in [0.25, 0.3) is 0 Å². The van der Waals surface area contributed by atoms with Crippen molar-refractivity contribution < 1.29 is 13.3 Å². The van der Waals surface area contributed by atoms with Crippen LogP contribution in [-0.2, 0) is 13.3 Å². The number of rotatable bonds is 9. The van der Waals surface area contributed by atoms with E-state index >= 15 is 0 Å². The molecule has 0 fully saturated rings. The molecule has 0 bridgehead atoms. The molecular weight excluding hydrogens is 220 g/mol. The summed E-state index contributed by atoms with van der Waals surface area (Å²) >= 11 is 0. The van der Waals surface area contributed by atoms with Crippen LogP contribution in [0.5, 0.6) is 0 Å². The molecule has 0 aromatic rings. The van der Waals surface area contributed by atoms with E-state index in [1.165, 1.54) is 0 Å². The third-order valence-electron chi connectivity index (χ3n) is 2.80. The molecule has 1 atom stereocenters. The van der Waals surface area contributed by atoms with Crippen molar-refractivity contribution in [2.75, 3.05) is 19.8 Å². The molecule has 0 aliphatic carbocycles. The van der Waals surface area contributed by atoms with Crippen LogP contribution < -0.4 is 0 Å². The maximum Gasteiger partial charge on any atom is 0.501 e. The second-order valence-corrected chi connectivity index (χ2v) is 7.05. The smallest absolute Gasteiger partial charge is 0.374 e. The predicted octanol–water partition coefficient (Wildman–Crippen LogP) is 3.33. The molecule has 4 heteroatoms. The molecule has 16 heavy (non-hydrogen) atoms. The molecule has 0 rings (SSSR count). The van der Waals surface area contributed by atoms with Crippen molar-refractivity contribution in [3.8, 4) is 0 Å². The molecule has 0 saturated carbocycles. The van der Waals surface area contributed by atoms with E-state index in [4.69, 9.17) is 13.3 Å². The Morgan fingerprint density at radius 3 is 1.44 bits per heavy atom. The van der Waals surface area contributed by atoms with Gasteiger partial charge in [0, 0.05) is 25.9 Å². The third-order valence-corrected chi connectivity index (χ3v) is 6.13. The first-order chi connectivity index (χ1) is 7.51. The fraction of sp³-hybridized carbons (Fsp3) is 1.00. The fourth-order valence-corrected chi connectivity index (χ4v) is 4.77. The largest absolute Gasteiger partial charge is 0.501 e. The van der Waals surface area contributed by atoms with Crippen LogP contribution in [0.4, 0.5) is 0 Å². The van der Waals surface area contributed by atoms with E-state index in [2.05, 4.69) is 20.8 Å². The van der Waals surface area contributed by atoms with Crippen LogP contribution in [0.3, 0.4) is 0 Å². The molecule has 0 radical (unpaired) electrons. The maximum atomic E-state index is 5.83. The zero-order valence-electron chi connectivity index (χ0n) is 11.7. The Bertz CT molecular complexity index is 157. The van der Waals surface area contributed by atoms with Crippen LogP contribution >= 0.6 is 0 Å². The highest BCUT2D eigenvalue weighted by Crippen LogP contribution is 2.26. The van der Waals surface area contributed by atoms with E-state index in [1.54, 1.807) is 0 Å². The minimum absolute atomic E-state index is 0.566. The van der Waals surface area contributed by atoms with Gasteiger partial charge in [0.2, 0.25) is 0 Å². The van der Waals surface area contributed by atoms with E-state index in [0.29, 0.717) is 31.7 Å². The van der Waals surface area contributed by atoms with Gasteiger partial charge in [-0.25, -0.2) is 0 Å². The molecule has 0 aliphatic heterocycles. The SMILES string of the molecule is CCO[Si](CC(C)C(C)C)(OCC)OCC. The van der Waals surface area contributed by atoms with Crippen LogP contribution in [0, 0.1) is 11.8 Å². The van der Waals surface area contributed by atoms with Gasteiger partial charge < -0.3 is 13.3 Å². The average molecular weight is 248 g/mol. The van der Waals surface area contributed by atoms with Gasteiger partial charge in [0.1, 0.15) is 0 Å². The Hall–Kier alpha value is 0.0969. The van der Waals surface area contributed by atoms with Crippen LogP contribution in [0.2, 0.25) is 6.04 Å². The lowest BCUT2D eigenvalue weighted by molar-refractivity contribution is 0.0657. The summed E-state index contributed by atoms with van der Waals surface area (Å²) in [6.45, 7) is 14.7. The van der Waals surface area contributed by atoms with Crippen molar-refractivity contribution in [2.45, 2.75) is 47.6 Å². The first kappa shape index (κ1) is 16.1. The second-order valence-electron chi connectivity index (χ2n) is 4.41. The van der Waals surface area contributed by atoms with Gasteiger partial charge in [0.15, 0.2) is 0 Å². The minimum atomic E-state index is -2.42. The summed E-state index contributed by atoms with van der Waals surface area (Å²) in [5.74, 6) is 1.20. The van der Waals surface area contributed by atoms with E-state index in [9.17, 15) is 0 Å². The van der Waals surface area contributed by atoms with Gasteiger partial charge in [-0.15, -0.1) is 0 Å². The predicted molar refractivity (Wildman–Crippen MR) is 69.4 cm³/mol. The molecule has 3 nitrogen and oxygen atoms in total. The Labute approximate surface area is 102 Å². The second kappa shape index (κ2) is 8.23. The Morgan fingerprint density at radius 1 is 0.812 bits per heavy atom. The van der Waals surface area contributed by atoms with Gasteiger partial charge in [-0.3, -0.25) is 0 Å². The minimum Gasteiger partial charge on any atom is -0.374 e. The van der Waals surface area contributed by atoms with E-state index in [1.807, 2.05) is 20.8 Å². The van der Waals surface area contributed by atoms with Gasteiger partial charge >= 0.3 is 8.80 Å². The van der Waals surface area contributed by atoms with E-state index in [-0.39, 0.29) is 0 Å².